The van der Waals surface area contributed by atoms with Crippen molar-refractivity contribution in [1.29, 1.82) is 0 Å². The summed E-state index contributed by atoms with van der Waals surface area (Å²) >= 11 is 1.09. The molecule has 0 saturated carbocycles. The quantitative estimate of drug-likeness (QED) is 0.549. The summed E-state index contributed by atoms with van der Waals surface area (Å²) in [7, 11) is 0. The van der Waals surface area contributed by atoms with Gasteiger partial charge in [-0.15, -0.1) is 11.3 Å². The van der Waals surface area contributed by atoms with Gasteiger partial charge in [0.25, 0.3) is 5.56 Å². The van der Waals surface area contributed by atoms with Crippen molar-refractivity contribution in [3.05, 3.63) is 58.1 Å². The summed E-state index contributed by atoms with van der Waals surface area (Å²) in [5, 5.41) is 4.30. The Hall–Kier alpha value is -3.53. The third kappa shape index (κ3) is 5.29. The van der Waals surface area contributed by atoms with Gasteiger partial charge >= 0.3 is 5.97 Å². The molecule has 0 saturated heterocycles. The van der Waals surface area contributed by atoms with Gasteiger partial charge in [0.15, 0.2) is 10.8 Å². The van der Waals surface area contributed by atoms with Crippen molar-refractivity contribution in [3.63, 3.8) is 0 Å². The first-order valence-corrected chi connectivity index (χ1v) is 10.1. The van der Waals surface area contributed by atoms with Crippen LogP contribution in [0.5, 0.6) is 5.75 Å². The Morgan fingerprint density at radius 2 is 1.93 bits per heavy atom. The van der Waals surface area contributed by atoms with Gasteiger partial charge in [0.1, 0.15) is 12.3 Å². The highest BCUT2D eigenvalue weighted by molar-refractivity contribution is 7.14. The molecule has 156 valence electrons. The summed E-state index contributed by atoms with van der Waals surface area (Å²) in [5.74, 6) is -0.281. The monoisotopic (exact) mass is 428 g/mol. The number of nitrogens with zero attached hydrogens (tertiary/aromatic N) is 3. The van der Waals surface area contributed by atoms with Gasteiger partial charge in [0.05, 0.1) is 25.2 Å². The number of anilines is 1. The molecule has 0 aliphatic rings. The zero-order valence-corrected chi connectivity index (χ0v) is 17.3. The van der Waals surface area contributed by atoms with Crippen molar-refractivity contribution in [2.75, 3.05) is 18.5 Å². The molecule has 3 aromatic rings. The number of rotatable bonds is 8. The van der Waals surface area contributed by atoms with E-state index in [1.165, 1.54) is 22.3 Å². The minimum Gasteiger partial charge on any atom is -0.494 e. The molecule has 2 heterocycles. The molecule has 0 aliphatic carbocycles. The molecule has 9 nitrogen and oxygen atoms in total. The molecule has 0 aliphatic heterocycles. The Kier molecular flexibility index (Phi) is 6.91. The maximum absolute atomic E-state index is 12.4. The summed E-state index contributed by atoms with van der Waals surface area (Å²) in [6.07, 6.45) is 1.32. The zero-order valence-electron chi connectivity index (χ0n) is 16.5. The Bertz CT molecular complexity index is 1090. The van der Waals surface area contributed by atoms with Gasteiger partial charge in [0.2, 0.25) is 5.91 Å². The molecular weight excluding hydrogens is 408 g/mol. The number of carbonyl (C=O) groups excluding carboxylic acids is 2. The van der Waals surface area contributed by atoms with E-state index in [9.17, 15) is 14.4 Å². The van der Waals surface area contributed by atoms with E-state index in [0.717, 1.165) is 22.6 Å². The first-order chi connectivity index (χ1) is 14.5. The number of carbonyl (C=O) groups is 2. The fourth-order valence-electron chi connectivity index (χ4n) is 2.53. The standard InChI is InChI=1S/C20H20N4O5S/c1-3-28-14-7-5-13(6-8-14)15-9-18(26)24(12-21-15)10-17(25)23-20-22-16(11-30-20)19(27)29-4-2/h5-9,11-12H,3-4,10H2,1-2H3,(H,22,23,25). The van der Waals surface area contributed by atoms with E-state index < -0.39 is 11.9 Å². The van der Waals surface area contributed by atoms with Crippen LogP contribution in [0.1, 0.15) is 24.3 Å². The van der Waals surface area contributed by atoms with Crippen LogP contribution in [0.15, 0.2) is 46.8 Å². The number of benzene rings is 1. The first-order valence-electron chi connectivity index (χ1n) is 9.22. The van der Waals surface area contributed by atoms with Crippen LogP contribution in [0.2, 0.25) is 0 Å². The molecule has 0 atom stereocenters. The van der Waals surface area contributed by atoms with Gasteiger partial charge in [0, 0.05) is 17.0 Å². The lowest BCUT2D eigenvalue weighted by Gasteiger charge is -2.07. The Morgan fingerprint density at radius 1 is 1.17 bits per heavy atom. The minimum atomic E-state index is -0.556. The second-order valence-corrected chi connectivity index (χ2v) is 6.86. The molecule has 1 amide bonds. The Labute approximate surface area is 176 Å². The molecule has 2 aromatic heterocycles. The molecule has 0 spiro atoms. The fourth-order valence-corrected chi connectivity index (χ4v) is 3.23. The largest absolute Gasteiger partial charge is 0.494 e. The number of nitrogens with one attached hydrogen (secondary N) is 1. The third-order valence-corrected chi connectivity index (χ3v) is 4.65. The molecule has 0 fully saturated rings. The smallest absolute Gasteiger partial charge is 0.357 e. The maximum atomic E-state index is 12.4. The van der Waals surface area contributed by atoms with Crippen molar-refractivity contribution in [1.82, 2.24) is 14.5 Å². The van der Waals surface area contributed by atoms with Gasteiger partial charge in [-0.25, -0.2) is 14.8 Å². The summed E-state index contributed by atoms with van der Waals surface area (Å²) in [6, 6.07) is 8.60. The molecule has 0 unspecified atom stereocenters. The van der Waals surface area contributed by atoms with E-state index in [4.69, 9.17) is 9.47 Å². The second kappa shape index (κ2) is 9.79. The summed E-state index contributed by atoms with van der Waals surface area (Å²) in [4.78, 5) is 44.5. The fraction of sp³-hybridized carbons (Fsp3) is 0.250. The summed E-state index contributed by atoms with van der Waals surface area (Å²) in [5.41, 5.74) is 1.02. The number of hydrogen-bond acceptors (Lipinski definition) is 8. The molecule has 3 rings (SSSR count). The van der Waals surface area contributed by atoms with E-state index in [-0.39, 0.29) is 29.5 Å². The summed E-state index contributed by atoms with van der Waals surface area (Å²) < 4.78 is 11.4. The predicted molar refractivity (Wildman–Crippen MR) is 112 cm³/mol. The number of thiazole rings is 1. The van der Waals surface area contributed by atoms with Crippen LogP contribution in [-0.2, 0) is 16.1 Å². The Morgan fingerprint density at radius 3 is 2.60 bits per heavy atom. The molecular formula is C20H20N4O5S. The van der Waals surface area contributed by atoms with E-state index in [0.29, 0.717) is 12.3 Å². The molecule has 0 bridgehead atoms. The van der Waals surface area contributed by atoms with Gasteiger partial charge in [-0.05, 0) is 38.1 Å². The van der Waals surface area contributed by atoms with Crippen molar-refractivity contribution >= 4 is 28.3 Å². The van der Waals surface area contributed by atoms with Crippen LogP contribution < -0.4 is 15.6 Å². The van der Waals surface area contributed by atoms with Gasteiger partial charge in [-0.2, -0.15) is 0 Å². The first kappa shape index (κ1) is 21.2. The number of ether oxygens (including phenoxy) is 2. The number of hydrogen-bond donors (Lipinski definition) is 1. The Balaban J connectivity index is 1.65. The highest BCUT2D eigenvalue weighted by Crippen LogP contribution is 2.19. The minimum absolute atomic E-state index is 0.121. The number of aromatic nitrogens is 3. The van der Waals surface area contributed by atoms with Crippen LogP contribution in [0.3, 0.4) is 0 Å². The molecule has 0 radical (unpaired) electrons. The van der Waals surface area contributed by atoms with Crippen molar-refractivity contribution in [3.8, 4) is 17.0 Å². The lowest BCUT2D eigenvalue weighted by atomic mass is 10.1. The van der Waals surface area contributed by atoms with Crippen LogP contribution in [0.4, 0.5) is 5.13 Å². The zero-order chi connectivity index (χ0) is 21.5. The maximum Gasteiger partial charge on any atom is 0.357 e. The van der Waals surface area contributed by atoms with Crippen molar-refractivity contribution in [2.24, 2.45) is 0 Å². The van der Waals surface area contributed by atoms with E-state index >= 15 is 0 Å². The number of esters is 1. The van der Waals surface area contributed by atoms with Crippen LogP contribution in [-0.4, -0.2) is 39.6 Å². The van der Waals surface area contributed by atoms with Gasteiger partial charge < -0.3 is 14.8 Å². The van der Waals surface area contributed by atoms with E-state index in [1.807, 2.05) is 19.1 Å². The van der Waals surface area contributed by atoms with Gasteiger partial charge in [-0.1, -0.05) is 0 Å². The van der Waals surface area contributed by atoms with E-state index in [2.05, 4.69) is 15.3 Å². The average molecular weight is 428 g/mol. The predicted octanol–water partition coefficient (Wildman–Crippen LogP) is 2.58. The van der Waals surface area contributed by atoms with E-state index in [1.54, 1.807) is 19.1 Å². The normalized spacial score (nSPS) is 10.5. The highest BCUT2D eigenvalue weighted by Gasteiger charge is 2.14. The van der Waals surface area contributed by atoms with Crippen molar-refractivity contribution in [2.45, 2.75) is 20.4 Å². The SMILES string of the molecule is CCOC(=O)c1csc(NC(=O)Cn2cnc(-c3ccc(OCC)cc3)cc2=O)n1. The third-order valence-electron chi connectivity index (χ3n) is 3.89. The van der Waals surface area contributed by atoms with Crippen LogP contribution in [0.25, 0.3) is 11.3 Å². The summed E-state index contributed by atoms with van der Waals surface area (Å²) in [6.45, 7) is 4.17. The average Bonchev–Trinajstić information content (AvgIpc) is 3.19. The van der Waals surface area contributed by atoms with Crippen LogP contribution in [0, 0.1) is 0 Å². The van der Waals surface area contributed by atoms with Crippen LogP contribution >= 0.6 is 11.3 Å². The topological polar surface area (TPSA) is 112 Å². The number of amides is 1. The lowest BCUT2D eigenvalue weighted by Crippen LogP contribution is -2.27. The molecule has 30 heavy (non-hydrogen) atoms. The highest BCUT2D eigenvalue weighted by atomic mass is 32.1. The second-order valence-electron chi connectivity index (χ2n) is 6.00. The molecule has 10 heteroatoms. The molecule has 1 N–H and O–H groups in total. The van der Waals surface area contributed by atoms with Crippen molar-refractivity contribution < 1.29 is 19.1 Å². The van der Waals surface area contributed by atoms with Gasteiger partial charge in [-0.3, -0.25) is 14.2 Å². The molecule has 1 aromatic carbocycles. The lowest BCUT2D eigenvalue weighted by molar-refractivity contribution is -0.116.